The molecule has 1 saturated heterocycles. The largest absolute Gasteiger partial charge is 0.483 e. The Hall–Kier alpha value is -3.15. The Kier molecular flexibility index (Phi) is 5.68. The number of aromatic amines is 1. The lowest BCUT2D eigenvalue weighted by molar-refractivity contribution is -0.122. The van der Waals surface area contributed by atoms with Crippen LogP contribution in [-0.4, -0.2) is 72.3 Å². The van der Waals surface area contributed by atoms with E-state index in [2.05, 4.69) is 25.4 Å². The van der Waals surface area contributed by atoms with Crippen LogP contribution in [0.3, 0.4) is 0 Å². The number of morpholine rings is 1. The van der Waals surface area contributed by atoms with Crippen LogP contribution in [0.2, 0.25) is 0 Å². The monoisotopic (exact) mass is 337 g/mol. The van der Waals surface area contributed by atoms with Gasteiger partial charge in [0.15, 0.2) is 0 Å². The lowest BCUT2D eigenvalue weighted by Gasteiger charge is -2.31. The number of ether oxygens (including phenoxy) is 1. The minimum absolute atomic E-state index is 0.183. The van der Waals surface area contributed by atoms with Crippen molar-refractivity contribution >= 4 is 12.4 Å². The lowest BCUT2D eigenvalue weighted by Crippen LogP contribution is -2.43. The molecule has 0 radical (unpaired) electrons. The molecule has 1 amide bonds. The Bertz CT molecular complexity index is 738. The summed E-state index contributed by atoms with van der Waals surface area (Å²) in [4.78, 5) is 40.8. The minimum Gasteiger partial charge on any atom is -0.483 e. The van der Waals surface area contributed by atoms with Gasteiger partial charge < -0.3 is 19.7 Å². The normalized spacial score (nSPS) is 16.9. The van der Waals surface area contributed by atoms with Gasteiger partial charge in [0.05, 0.1) is 26.4 Å². The zero-order valence-electron chi connectivity index (χ0n) is 12.7. The number of hydrogen-bond acceptors (Lipinski definition) is 8. The van der Waals surface area contributed by atoms with Crippen LogP contribution in [0.5, 0.6) is 0 Å². The fourth-order valence-corrected chi connectivity index (χ4v) is 2.04. The van der Waals surface area contributed by atoms with Crippen molar-refractivity contribution in [3.05, 3.63) is 34.3 Å². The number of nitrogens with one attached hydrogen (secondary N) is 1. The van der Waals surface area contributed by atoms with Crippen LogP contribution in [0.1, 0.15) is 22.4 Å². The van der Waals surface area contributed by atoms with E-state index in [0.29, 0.717) is 25.5 Å². The van der Waals surface area contributed by atoms with Crippen molar-refractivity contribution < 1.29 is 19.4 Å². The maximum atomic E-state index is 12.3. The van der Waals surface area contributed by atoms with E-state index in [1.165, 1.54) is 11.0 Å². The standard InChI is InChI=1S/C11H13N7O3.CH2O2/c1-17-15-10(14-16-17)8-6-18(2-3-21-8)11(20)7-4-13-9(19)5-12-7;2-1-3/h4-5,8H,2-3,6H2,1H3,(H,13,19);1H,(H,2,3). The third-order valence-corrected chi connectivity index (χ3v) is 3.06. The number of H-pyrrole nitrogens is 1. The molecule has 3 heterocycles. The van der Waals surface area contributed by atoms with E-state index < -0.39 is 6.10 Å². The second-order valence-electron chi connectivity index (χ2n) is 4.65. The van der Waals surface area contributed by atoms with Crippen molar-refractivity contribution in [1.82, 2.24) is 35.1 Å². The van der Waals surface area contributed by atoms with E-state index in [9.17, 15) is 9.59 Å². The smallest absolute Gasteiger partial charge is 0.290 e. The molecule has 2 N–H and O–H groups in total. The van der Waals surface area contributed by atoms with Crippen molar-refractivity contribution in [3.63, 3.8) is 0 Å². The van der Waals surface area contributed by atoms with E-state index in [0.717, 1.165) is 6.20 Å². The zero-order chi connectivity index (χ0) is 17.5. The number of carbonyl (C=O) groups excluding carboxylic acids is 1. The molecule has 0 bridgehead atoms. The third kappa shape index (κ3) is 4.19. The summed E-state index contributed by atoms with van der Waals surface area (Å²) in [5, 5.41) is 18.6. The van der Waals surface area contributed by atoms with Crippen LogP contribution in [0.15, 0.2) is 17.2 Å². The van der Waals surface area contributed by atoms with Crippen LogP contribution in [0.4, 0.5) is 0 Å². The molecular formula is C12H15N7O5. The highest BCUT2D eigenvalue weighted by Gasteiger charge is 2.29. The van der Waals surface area contributed by atoms with Crippen LogP contribution < -0.4 is 5.56 Å². The van der Waals surface area contributed by atoms with E-state index in [4.69, 9.17) is 14.6 Å². The average Bonchev–Trinajstić information content (AvgIpc) is 3.02. The number of nitrogens with zero attached hydrogens (tertiary/aromatic N) is 6. The van der Waals surface area contributed by atoms with Gasteiger partial charge in [-0.3, -0.25) is 14.4 Å². The van der Waals surface area contributed by atoms with E-state index >= 15 is 0 Å². The highest BCUT2D eigenvalue weighted by molar-refractivity contribution is 5.92. The van der Waals surface area contributed by atoms with Gasteiger partial charge in [0.2, 0.25) is 5.82 Å². The summed E-state index contributed by atoms with van der Waals surface area (Å²) in [6.07, 6.45) is 1.96. The van der Waals surface area contributed by atoms with Crippen molar-refractivity contribution in [2.45, 2.75) is 6.10 Å². The number of amides is 1. The van der Waals surface area contributed by atoms with E-state index in [-0.39, 0.29) is 23.6 Å². The fraction of sp³-hybridized carbons (Fsp3) is 0.417. The summed E-state index contributed by atoms with van der Waals surface area (Å²) in [5.74, 6) is 0.160. The summed E-state index contributed by atoms with van der Waals surface area (Å²) >= 11 is 0. The predicted molar refractivity (Wildman–Crippen MR) is 76.9 cm³/mol. The maximum absolute atomic E-state index is 12.3. The first-order valence-corrected chi connectivity index (χ1v) is 6.82. The average molecular weight is 337 g/mol. The molecule has 2 aromatic heterocycles. The Morgan fingerprint density at radius 3 is 2.88 bits per heavy atom. The second kappa shape index (κ2) is 7.92. The Morgan fingerprint density at radius 2 is 2.29 bits per heavy atom. The molecule has 0 aromatic carbocycles. The van der Waals surface area contributed by atoms with Gasteiger partial charge in [-0.25, -0.2) is 4.98 Å². The van der Waals surface area contributed by atoms with E-state index in [1.54, 1.807) is 11.9 Å². The number of aryl methyl sites for hydroxylation is 1. The number of aromatic nitrogens is 6. The molecule has 1 fully saturated rings. The molecule has 24 heavy (non-hydrogen) atoms. The highest BCUT2D eigenvalue weighted by atomic mass is 16.5. The number of hydrogen-bond donors (Lipinski definition) is 2. The van der Waals surface area contributed by atoms with Crippen LogP contribution in [0, 0.1) is 0 Å². The van der Waals surface area contributed by atoms with Crippen molar-refractivity contribution in [2.24, 2.45) is 7.05 Å². The predicted octanol–water partition coefficient (Wildman–Crippen LogP) is -1.79. The molecule has 1 aliphatic heterocycles. The molecular weight excluding hydrogens is 322 g/mol. The van der Waals surface area contributed by atoms with Gasteiger partial charge in [-0.15, -0.1) is 10.2 Å². The molecule has 1 unspecified atom stereocenters. The summed E-state index contributed by atoms with van der Waals surface area (Å²) in [5.41, 5.74) is -0.169. The number of rotatable bonds is 2. The molecule has 2 aromatic rings. The Morgan fingerprint density at radius 1 is 1.54 bits per heavy atom. The van der Waals surface area contributed by atoms with Crippen LogP contribution >= 0.6 is 0 Å². The number of carboxylic acid groups (broad SMARTS) is 1. The topological polar surface area (TPSA) is 156 Å². The maximum Gasteiger partial charge on any atom is 0.290 e. The van der Waals surface area contributed by atoms with E-state index in [1.807, 2.05) is 0 Å². The molecule has 3 rings (SSSR count). The Labute approximate surface area is 135 Å². The molecule has 12 nitrogen and oxygen atoms in total. The van der Waals surface area contributed by atoms with Gasteiger partial charge in [-0.2, -0.15) is 4.80 Å². The molecule has 12 heteroatoms. The third-order valence-electron chi connectivity index (χ3n) is 3.06. The molecule has 128 valence electrons. The van der Waals surface area contributed by atoms with Gasteiger partial charge >= 0.3 is 0 Å². The first-order valence-electron chi connectivity index (χ1n) is 6.82. The van der Waals surface area contributed by atoms with Gasteiger partial charge in [0.1, 0.15) is 11.8 Å². The quantitative estimate of drug-likeness (QED) is 0.604. The lowest BCUT2D eigenvalue weighted by atomic mass is 10.2. The molecule has 0 saturated carbocycles. The first-order chi connectivity index (χ1) is 11.5. The Balaban J connectivity index is 0.000000647. The second-order valence-corrected chi connectivity index (χ2v) is 4.65. The summed E-state index contributed by atoms with van der Waals surface area (Å²) in [6.45, 7) is 0.875. The molecule has 0 aliphatic carbocycles. The molecule has 1 atom stereocenters. The van der Waals surface area contributed by atoms with Gasteiger partial charge in [0.25, 0.3) is 17.9 Å². The fourth-order valence-electron chi connectivity index (χ4n) is 2.04. The SMILES string of the molecule is Cn1nnc(C2CN(C(=O)c3c[nH]c(=O)cn3)CCO2)n1.O=CO. The van der Waals surface area contributed by atoms with Gasteiger partial charge in [-0.1, -0.05) is 0 Å². The van der Waals surface area contributed by atoms with Gasteiger partial charge in [-0.05, 0) is 5.21 Å². The number of tetrazole rings is 1. The van der Waals surface area contributed by atoms with Crippen LogP contribution in [-0.2, 0) is 16.6 Å². The van der Waals surface area contributed by atoms with Crippen LogP contribution in [0.25, 0.3) is 0 Å². The number of carbonyl (C=O) groups is 2. The van der Waals surface area contributed by atoms with Crippen molar-refractivity contribution in [3.8, 4) is 0 Å². The molecule has 0 spiro atoms. The van der Waals surface area contributed by atoms with Crippen molar-refractivity contribution in [1.29, 1.82) is 0 Å². The van der Waals surface area contributed by atoms with Crippen molar-refractivity contribution in [2.75, 3.05) is 19.7 Å². The molecule has 1 aliphatic rings. The first kappa shape index (κ1) is 17.2. The summed E-state index contributed by atoms with van der Waals surface area (Å²) in [7, 11) is 1.66. The zero-order valence-corrected chi connectivity index (χ0v) is 12.7. The van der Waals surface area contributed by atoms with Gasteiger partial charge in [0, 0.05) is 12.7 Å². The highest BCUT2D eigenvalue weighted by Crippen LogP contribution is 2.19. The minimum atomic E-state index is -0.417. The summed E-state index contributed by atoms with van der Waals surface area (Å²) < 4.78 is 5.56. The summed E-state index contributed by atoms with van der Waals surface area (Å²) in [6, 6.07) is 0.